The zero-order valence-electron chi connectivity index (χ0n) is 11.5. The van der Waals surface area contributed by atoms with Gasteiger partial charge < -0.3 is 10.4 Å². The Hall–Kier alpha value is -2.10. The predicted octanol–water partition coefficient (Wildman–Crippen LogP) is 4.56. The molecule has 0 aliphatic carbocycles. The highest BCUT2D eigenvalue weighted by atomic mass is 19.3. The number of benzene rings is 2. The summed E-state index contributed by atoms with van der Waals surface area (Å²) in [6, 6.07) is 9.84. The number of halogens is 2. The Kier molecular flexibility index (Phi) is 4.23. The first-order chi connectivity index (χ1) is 9.47. The van der Waals surface area contributed by atoms with Crippen molar-refractivity contribution in [3.8, 4) is 5.75 Å². The Labute approximate surface area is 117 Å². The number of phenols is 1. The van der Waals surface area contributed by atoms with E-state index in [2.05, 4.69) is 5.32 Å². The van der Waals surface area contributed by atoms with E-state index in [1.165, 1.54) is 12.1 Å². The molecule has 0 fully saturated rings. The van der Waals surface area contributed by atoms with Gasteiger partial charge in [0.1, 0.15) is 5.75 Å². The third kappa shape index (κ3) is 3.26. The summed E-state index contributed by atoms with van der Waals surface area (Å²) in [6.45, 7) is 4.29. The Balaban J connectivity index is 2.07. The van der Waals surface area contributed by atoms with E-state index in [0.29, 0.717) is 6.54 Å². The molecule has 0 heterocycles. The third-order valence-corrected chi connectivity index (χ3v) is 3.26. The fourth-order valence-electron chi connectivity index (χ4n) is 1.97. The average molecular weight is 277 g/mol. The lowest BCUT2D eigenvalue weighted by atomic mass is 10.1. The number of hydrogen-bond acceptors (Lipinski definition) is 2. The van der Waals surface area contributed by atoms with Gasteiger partial charge in [0.25, 0.3) is 6.43 Å². The van der Waals surface area contributed by atoms with Crippen LogP contribution >= 0.6 is 0 Å². The third-order valence-electron chi connectivity index (χ3n) is 3.26. The maximum atomic E-state index is 12.4. The molecule has 0 radical (unpaired) electrons. The van der Waals surface area contributed by atoms with Gasteiger partial charge >= 0.3 is 0 Å². The number of aryl methyl sites for hydroxylation is 2. The van der Waals surface area contributed by atoms with Crippen LogP contribution in [0.3, 0.4) is 0 Å². The molecule has 0 saturated carbocycles. The van der Waals surface area contributed by atoms with Gasteiger partial charge in [-0.1, -0.05) is 24.3 Å². The largest absolute Gasteiger partial charge is 0.508 e. The van der Waals surface area contributed by atoms with Gasteiger partial charge in [-0.05, 0) is 42.7 Å². The van der Waals surface area contributed by atoms with E-state index in [0.717, 1.165) is 22.4 Å². The van der Waals surface area contributed by atoms with Crippen molar-refractivity contribution in [3.63, 3.8) is 0 Å². The summed E-state index contributed by atoms with van der Waals surface area (Å²) < 4.78 is 24.9. The highest BCUT2D eigenvalue weighted by Crippen LogP contribution is 2.25. The molecule has 0 atom stereocenters. The lowest BCUT2D eigenvalue weighted by molar-refractivity contribution is 0.151. The van der Waals surface area contributed by atoms with E-state index < -0.39 is 6.43 Å². The zero-order chi connectivity index (χ0) is 14.7. The molecule has 0 aliphatic rings. The molecule has 0 spiro atoms. The van der Waals surface area contributed by atoms with Gasteiger partial charge in [-0.25, -0.2) is 8.78 Å². The molecule has 0 bridgehead atoms. The number of phenolic OH excluding ortho intramolecular Hbond substituents is 1. The minimum atomic E-state index is -2.43. The summed E-state index contributed by atoms with van der Waals surface area (Å²) in [4.78, 5) is 0. The smallest absolute Gasteiger partial charge is 0.263 e. The van der Waals surface area contributed by atoms with E-state index in [4.69, 9.17) is 0 Å². The maximum Gasteiger partial charge on any atom is 0.263 e. The van der Waals surface area contributed by atoms with E-state index in [1.54, 1.807) is 18.2 Å². The van der Waals surface area contributed by atoms with E-state index in [9.17, 15) is 13.9 Å². The predicted molar refractivity (Wildman–Crippen MR) is 76.3 cm³/mol. The molecule has 2 aromatic carbocycles. The van der Waals surface area contributed by atoms with Crippen LogP contribution in [0.15, 0.2) is 36.4 Å². The van der Waals surface area contributed by atoms with Crippen LogP contribution in [0.5, 0.6) is 5.75 Å². The van der Waals surface area contributed by atoms with Crippen molar-refractivity contribution in [2.24, 2.45) is 0 Å². The van der Waals surface area contributed by atoms with Gasteiger partial charge in [-0.3, -0.25) is 0 Å². The van der Waals surface area contributed by atoms with Crippen molar-refractivity contribution in [1.82, 2.24) is 0 Å². The topological polar surface area (TPSA) is 32.3 Å². The van der Waals surface area contributed by atoms with E-state index in [1.807, 2.05) is 19.9 Å². The Bertz CT molecular complexity index is 594. The van der Waals surface area contributed by atoms with Crippen molar-refractivity contribution in [2.45, 2.75) is 26.8 Å². The van der Waals surface area contributed by atoms with Crippen molar-refractivity contribution in [1.29, 1.82) is 0 Å². The Morgan fingerprint density at radius 3 is 2.30 bits per heavy atom. The standard InChI is InChI=1S/C16H17F2NO/c1-10-8-15(20)11(2)7-14(10)19-9-12-3-5-13(6-4-12)16(17)18/h3-8,16,19-20H,9H2,1-2H3. The molecule has 2 rings (SSSR count). The number of alkyl halides is 2. The molecule has 20 heavy (non-hydrogen) atoms. The molecule has 2 aromatic rings. The molecule has 0 aromatic heterocycles. The molecule has 0 amide bonds. The zero-order valence-corrected chi connectivity index (χ0v) is 11.5. The van der Waals surface area contributed by atoms with Crippen LogP contribution in [0.1, 0.15) is 28.7 Å². The van der Waals surface area contributed by atoms with Crippen LogP contribution in [0.4, 0.5) is 14.5 Å². The van der Waals surface area contributed by atoms with Crippen molar-refractivity contribution >= 4 is 5.69 Å². The number of hydrogen-bond donors (Lipinski definition) is 2. The van der Waals surface area contributed by atoms with Crippen LogP contribution < -0.4 is 5.32 Å². The quantitative estimate of drug-likeness (QED) is 0.803. The Morgan fingerprint density at radius 1 is 1.05 bits per heavy atom. The normalized spacial score (nSPS) is 10.8. The van der Waals surface area contributed by atoms with Gasteiger partial charge in [0, 0.05) is 17.8 Å². The first kappa shape index (κ1) is 14.3. The molecule has 0 saturated heterocycles. The molecular weight excluding hydrogens is 260 g/mol. The molecular formula is C16H17F2NO. The summed E-state index contributed by atoms with van der Waals surface area (Å²) >= 11 is 0. The molecule has 2 nitrogen and oxygen atoms in total. The van der Waals surface area contributed by atoms with E-state index >= 15 is 0 Å². The first-order valence-electron chi connectivity index (χ1n) is 6.38. The number of rotatable bonds is 4. The second-order valence-corrected chi connectivity index (χ2v) is 4.85. The van der Waals surface area contributed by atoms with Crippen LogP contribution in [-0.4, -0.2) is 5.11 Å². The molecule has 106 valence electrons. The summed E-state index contributed by atoms with van der Waals surface area (Å²) in [5, 5.41) is 12.8. The lowest BCUT2D eigenvalue weighted by Gasteiger charge is -2.12. The van der Waals surface area contributed by atoms with Crippen molar-refractivity contribution < 1.29 is 13.9 Å². The second kappa shape index (κ2) is 5.90. The van der Waals surface area contributed by atoms with Gasteiger partial charge in [-0.2, -0.15) is 0 Å². The van der Waals surface area contributed by atoms with Crippen molar-refractivity contribution in [2.75, 3.05) is 5.32 Å². The molecule has 0 unspecified atom stereocenters. The van der Waals surface area contributed by atoms with Gasteiger partial charge in [0.05, 0.1) is 0 Å². The fourth-order valence-corrected chi connectivity index (χ4v) is 1.97. The lowest BCUT2D eigenvalue weighted by Crippen LogP contribution is -2.01. The van der Waals surface area contributed by atoms with Gasteiger partial charge in [0.15, 0.2) is 0 Å². The SMILES string of the molecule is Cc1cc(NCc2ccc(C(F)F)cc2)c(C)cc1O. The Morgan fingerprint density at radius 2 is 1.70 bits per heavy atom. The maximum absolute atomic E-state index is 12.4. The highest BCUT2D eigenvalue weighted by molar-refractivity contribution is 5.56. The number of aromatic hydroxyl groups is 1. The summed E-state index contributed by atoms with van der Waals surface area (Å²) in [5.74, 6) is 0.273. The summed E-state index contributed by atoms with van der Waals surface area (Å²) in [6.07, 6.45) is -2.43. The average Bonchev–Trinajstić information content (AvgIpc) is 2.42. The molecule has 4 heteroatoms. The second-order valence-electron chi connectivity index (χ2n) is 4.85. The highest BCUT2D eigenvalue weighted by Gasteiger charge is 2.06. The summed E-state index contributed by atoms with van der Waals surface area (Å²) in [7, 11) is 0. The number of anilines is 1. The minimum absolute atomic E-state index is 0.0328. The van der Waals surface area contributed by atoms with Gasteiger partial charge in [-0.15, -0.1) is 0 Å². The summed E-state index contributed by atoms with van der Waals surface area (Å²) in [5.41, 5.74) is 3.63. The monoisotopic (exact) mass is 277 g/mol. The van der Waals surface area contributed by atoms with E-state index in [-0.39, 0.29) is 11.3 Å². The fraction of sp³-hybridized carbons (Fsp3) is 0.250. The minimum Gasteiger partial charge on any atom is -0.508 e. The van der Waals surface area contributed by atoms with Crippen molar-refractivity contribution in [3.05, 3.63) is 58.7 Å². The van der Waals surface area contributed by atoms with Crippen LogP contribution in [0.2, 0.25) is 0 Å². The van der Waals surface area contributed by atoms with Crippen LogP contribution in [-0.2, 0) is 6.54 Å². The van der Waals surface area contributed by atoms with Gasteiger partial charge in [0.2, 0.25) is 0 Å². The number of nitrogens with one attached hydrogen (secondary N) is 1. The first-order valence-corrected chi connectivity index (χ1v) is 6.38. The molecule has 2 N–H and O–H groups in total. The van der Waals surface area contributed by atoms with Crippen LogP contribution in [0.25, 0.3) is 0 Å². The van der Waals surface area contributed by atoms with Crippen LogP contribution in [0, 0.1) is 13.8 Å². The molecule has 0 aliphatic heterocycles.